The number of hydrogen-bond donors (Lipinski definition) is 0. The van der Waals surface area contributed by atoms with Crippen LogP contribution in [0.1, 0.15) is 21.5 Å². The second-order valence-corrected chi connectivity index (χ2v) is 5.29. The molecule has 0 saturated carbocycles. The van der Waals surface area contributed by atoms with Crippen LogP contribution in [0.5, 0.6) is 5.75 Å². The fourth-order valence-corrected chi connectivity index (χ4v) is 2.46. The van der Waals surface area contributed by atoms with Gasteiger partial charge in [0.25, 0.3) is 0 Å². The third-order valence-corrected chi connectivity index (χ3v) is 4.06. The molecule has 2 aromatic carbocycles. The van der Waals surface area contributed by atoms with Gasteiger partial charge in [-0.2, -0.15) is 13.2 Å². The quantitative estimate of drug-likeness (QED) is 0.529. The molecule has 0 fully saturated rings. The van der Waals surface area contributed by atoms with Crippen LogP contribution in [0.25, 0.3) is 0 Å². The smallest absolute Gasteiger partial charge is 0.416 e. The minimum atomic E-state index is -4.37. The van der Waals surface area contributed by atoms with Crippen LogP contribution in [0.3, 0.4) is 0 Å². The van der Waals surface area contributed by atoms with E-state index in [1.54, 1.807) is 6.07 Å². The van der Waals surface area contributed by atoms with E-state index in [4.69, 9.17) is 4.74 Å². The molecule has 2 aromatic rings. The fraction of sp³-hybridized carbons (Fsp3) is 0.200. The second kappa shape index (κ2) is 6.05. The molecule has 0 spiro atoms. The number of alkyl halides is 4. The number of halogens is 5. The first-order valence-corrected chi connectivity index (χ1v) is 6.89. The Hall–Kier alpha value is -1.56. The van der Waals surface area contributed by atoms with E-state index < -0.39 is 22.4 Å². The van der Waals surface area contributed by atoms with Crippen molar-refractivity contribution in [3.05, 3.63) is 65.0 Å². The van der Waals surface area contributed by atoms with Crippen LogP contribution >= 0.6 is 15.9 Å². The van der Waals surface area contributed by atoms with E-state index in [2.05, 4.69) is 15.9 Å². The molecule has 112 valence electrons. The Morgan fingerprint density at radius 1 is 1.00 bits per heavy atom. The molecular formula is C15H11BrF4O. The molecule has 0 aliphatic carbocycles. The molecule has 21 heavy (non-hydrogen) atoms. The largest absolute Gasteiger partial charge is 0.494 e. The third-order valence-electron chi connectivity index (χ3n) is 3.00. The zero-order valence-corrected chi connectivity index (χ0v) is 12.5. The average Bonchev–Trinajstić information content (AvgIpc) is 2.45. The van der Waals surface area contributed by atoms with Gasteiger partial charge in [0.05, 0.1) is 17.5 Å². The third kappa shape index (κ3) is 3.56. The lowest BCUT2D eigenvalue weighted by molar-refractivity contribution is -0.137. The number of ether oxygens (including phenoxy) is 1. The predicted molar refractivity (Wildman–Crippen MR) is 75.2 cm³/mol. The van der Waals surface area contributed by atoms with Gasteiger partial charge in [-0.25, -0.2) is 4.39 Å². The normalized spacial score (nSPS) is 13.0. The summed E-state index contributed by atoms with van der Waals surface area (Å²) in [5.74, 6) is -0.405. The Bertz CT molecular complexity index is 623. The highest BCUT2D eigenvalue weighted by Crippen LogP contribution is 2.35. The molecule has 0 aliphatic heterocycles. The summed E-state index contributed by atoms with van der Waals surface area (Å²) < 4.78 is 56.0. The van der Waals surface area contributed by atoms with Crippen LogP contribution in [0.2, 0.25) is 0 Å². The van der Waals surface area contributed by atoms with Crippen molar-refractivity contribution in [2.75, 3.05) is 7.11 Å². The minimum Gasteiger partial charge on any atom is -0.494 e. The van der Waals surface area contributed by atoms with Crippen LogP contribution in [0.4, 0.5) is 17.6 Å². The van der Waals surface area contributed by atoms with Crippen molar-refractivity contribution in [3.8, 4) is 5.75 Å². The van der Waals surface area contributed by atoms with E-state index in [1.165, 1.54) is 31.4 Å². The van der Waals surface area contributed by atoms with Crippen LogP contribution < -0.4 is 4.74 Å². The van der Waals surface area contributed by atoms with Gasteiger partial charge in [0.15, 0.2) is 11.6 Å². The van der Waals surface area contributed by atoms with E-state index in [9.17, 15) is 17.6 Å². The maximum atomic E-state index is 13.7. The summed E-state index contributed by atoms with van der Waals surface area (Å²) in [4.78, 5) is -0.403. The zero-order valence-electron chi connectivity index (χ0n) is 10.9. The van der Waals surface area contributed by atoms with Crippen LogP contribution in [-0.4, -0.2) is 7.11 Å². The maximum absolute atomic E-state index is 13.7. The summed E-state index contributed by atoms with van der Waals surface area (Å²) in [6.45, 7) is 0. The van der Waals surface area contributed by atoms with E-state index in [0.717, 1.165) is 12.1 Å². The van der Waals surface area contributed by atoms with Gasteiger partial charge >= 0.3 is 6.18 Å². The Labute approximate surface area is 127 Å². The van der Waals surface area contributed by atoms with Gasteiger partial charge < -0.3 is 4.74 Å². The van der Waals surface area contributed by atoms with Gasteiger partial charge in [-0.15, -0.1) is 0 Å². The van der Waals surface area contributed by atoms with Crippen molar-refractivity contribution in [1.29, 1.82) is 0 Å². The summed E-state index contributed by atoms with van der Waals surface area (Å²) in [6, 6.07) is 9.15. The number of rotatable bonds is 3. The molecule has 1 nitrogen and oxygen atoms in total. The van der Waals surface area contributed by atoms with Crippen molar-refractivity contribution in [3.63, 3.8) is 0 Å². The monoisotopic (exact) mass is 362 g/mol. The summed E-state index contributed by atoms with van der Waals surface area (Å²) >= 11 is 3.36. The van der Waals surface area contributed by atoms with Crippen molar-refractivity contribution >= 4 is 15.9 Å². The molecule has 0 heterocycles. The molecule has 1 unspecified atom stereocenters. The van der Waals surface area contributed by atoms with Crippen molar-refractivity contribution in [2.45, 2.75) is 11.0 Å². The number of benzene rings is 2. The topological polar surface area (TPSA) is 9.23 Å². The molecule has 0 amide bonds. The first-order chi connectivity index (χ1) is 9.82. The molecule has 0 N–H and O–H groups in total. The molecule has 6 heteroatoms. The Morgan fingerprint density at radius 2 is 1.57 bits per heavy atom. The number of hydrogen-bond acceptors (Lipinski definition) is 1. The molecule has 0 saturated heterocycles. The SMILES string of the molecule is COc1ccc(C(Br)c2ccc(C(F)(F)F)cc2)cc1F. The predicted octanol–water partition coefficient (Wildman–Crippen LogP) is 5.34. The lowest BCUT2D eigenvalue weighted by Crippen LogP contribution is -2.05. The molecular weight excluding hydrogens is 352 g/mol. The summed E-state index contributed by atoms with van der Waals surface area (Å²) in [5, 5.41) is 0. The van der Waals surface area contributed by atoms with Crippen molar-refractivity contribution < 1.29 is 22.3 Å². The summed E-state index contributed by atoms with van der Waals surface area (Å²) in [6.07, 6.45) is -4.37. The van der Waals surface area contributed by atoms with Gasteiger partial charge in [0.1, 0.15) is 0 Å². The molecule has 0 radical (unpaired) electrons. The number of methoxy groups -OCH3 is 1. The lowest BCUT2D eigenvalue weighted by atomic mass is 10.0. The van der Waals surface area contributed by atoms with Crippen LogP contribution in [0, 0.1) is 5.82 Å². The van der Waals surface area contributed by atoms with E-state index in [0.29, 0.717) is 11.1 Å². The second-order valence-electron chi connectivity index (χ2n) is 4.38. The highest BCUT2D eigenvalue weighted by atomic mass is 79.9. The summed E-state index contributed by atoms with van der Waals surface area (Å²) in [5.41, 5.74) is 0.479. The maximum Gasteiger partial charge on any atom is 0.416 e. The molecule has 1 atom stereocenters. The Kier molecular flexibility index (Phi) is 4.56. The standard InChI is InChI=1S/C15H11BrF4O/c1-21-13-7-4-10(8-12(13)17)14(16)9-2-5-11(6-3-9)15(18,19)20/h2-8,14H,1H3. The first-order valence-electron chi connectivity index (χ1n) is 5.97. The van der Waals surface area contributed by atoms with Gasteiger partial charge in [-0.3, -0.25) is 0 Å². The van der Waals surface area contributed by atoms with Crippen LogP contribution in [0.15, 0.2) is 42.5 Å². The van der Waals surface area contributed by atoms with Crippen molar-refractivity contribution in [2.24, 2.45) is 0 Å². The van der Waals surface area contributed by atoms with Crippen molar-refractivity contribution in [1.82, 2.24) is 0 Å². The molecule has 0 aromatic heterocycles. The summed E-state index contributed by atoms with van der Waals surface area (Å²) in [7, 11) is 1.36. The zero-order chi connectivity index (χ0) is 15.6. The molecule has 0 aliphatic rings. The molecule has 0 bridgehead atoms. The Balaban J connectivity index is 2.27. The van der Waals surface area contributed by atoms with Gasteiger partial charge in [-0.05, 0) is 35.4 Å². The van der Waals surface area contributed by atoms with E-state index >= 15 is 0 Å². The van der Waals surface area contributed by atoms with Gasteiger partial charge in [0, 0.05) is 0 Å². The van der Waals surface area contributed by atoms with Gasteiger partial charge in [0.2, 0.25) is 0 Å². The highest BCUT2D eigenvalue weighted by Gasteiger charge is 2.30. The molecule has 2 rings (SSSR count). The van der Waals surface area contributed by atoms with Crippen LogP contribution in [-0.2, 0) is 6.18 Å². The van der Waals surface area contributed by atoms with Gasteiger partial charge in [-0.1, -0.05) is 34.1 Å². The highest BCUT2D eigenvalue weighted by molar-refractivity contribution is 9.09. The fourth-order valence-electron chi connectivity index (χ4n) is 1.87. The minimum absolute atomic E-state index is 0.117. The van der Waals surface area contributed by atoms with E-state index in [-0.39, 0.29) is 5.75 Å². The van der Waals surface area contributed by atoms with E-state index in [1.807, 2.05) is 0 Å². The first kappa shape index (κ1) is 15.8. The Morgan fingerprint density at radius 3 is 2.05 bits per heavy atom. The average molecular weight is 363 g/mol. The lowest BCUT2D eigenvalue weighted by Gasteiger charge is -2.13.